The van der Waals surface area contributed by atoms with Crippen molar-refractivity contribution in [2.24, 2.45) is 0 Å². The van der Waals surface area contributed by atoms with Gasteiger partial charge in [0.1, 0.15) is 5.82 Å². The van der Waals surface area contributed by atoms with Crippen LogP contribution in [0.1, 0.15) is 30.9 Å². The minimum absolute atomic E-state index is 0.116. The third-order valence-corrected chi connectivity index (χ3v) is 7.45. The molecule has 0 radical (unpaired) electrons. The van der Waals surface area contributed by atoms with Gasteiger partial charge in [-0.3, -0.25) is 4.79 Å². The number of aromatic nitrogens is 3. The Labute approximate surface area is 185 Å². The number of pyridine rings is 1. The molecule has 5 nitrogen and oxygen atoms in total. The number of hydrogen-bond acceptors (Lipinski definition) is 7. The molecule has 3 rings (SSSR count). The number of halogens is 1. The molecule has 0 atom stereocenters. The lowest BCUT2D eigenvalue weighted by molar-refractivity contribution is -0.113. The maximum atomic E-state index is 12.0. The van der Waals surface area contributed by atoms with Crippen LogP contribution in [0.5, 0.6) is 0 Å². The Balaban J connectivity index is 1.44. The molecule has 1 N–H and O–H groups in total. The van der Waals surface area contributed by atoms with E-state index in [1.165, 1.54) is 34.2 Å². The first kappa shape index (κ1) is 21.3. The maximum Gasteiger partial charge on any atom is 0.235 e. The van der Waals surface area contributed by atoms with Crippen molar-refractivity contribution >= 4 is 62.5 Å². The molecular formula is C19H19BrN4OS3. The third-order valence-electron chi connectivity index (χ3n) is 3.72. The normalized spacial score (nSPS) is 11.0. The Kier molecular flexibility index (Phi) is 7.90. The first-order chi connectivity index (χ1) is 13.5. The summed E-state index contributed by atoms with van der Waals surface area (Å²) in [6.45, 7) is 4.39. The Bertz CT molecular complexity index is 914. The fourth-order valence-electron chi connectivity index (χ4n) is 2.21. The van der Waals surface area contributed by atoms with E-state index in [4.69, 9.17) is 0 Å². The van der Waals surface area contributed by atoms with Gasteiger partial charge in [-0.15, -0.1) is 10.2 Å². The fourth-order valence-corrected chi connectivity index (χ4v) is 5.22. The molecule has 146 valence electrons. The van der Waals surface area contributed by atoms with E-state index in [1.807, 2.05) is 6.07 Å². The molecule has 0 aliphatic heterocycles. The second-order valence-corrected chi connectivity index (χ2v) is 10.6. The summed E-state index contributed by atoms with van der Waals surface area (Å²) >= 11 is 7.87. The van der Waals surface area contributed by atoms with Crippen molar-refractivity contribution in [1.82, 2.24) is 15.2 Å². The molecule has 28 heavy (non-hydrogen) atoms. The molecule has 1 aromatic carbocycles. The molecule has 0 bridgehead atoms. The van der Waals surface area contributed by atoms with Gasteiger partial charge in [0.25, 0.3) is 0 Å². The largest absolute Gasteiger partial charge is 0.310 e. The van der Waals surface area contributed by atoms with E-state index in [1.54, 1.807) is 24.0 Å². The number of rotatable bonds is 8. The third kappa shape index (κ3) is 6.58. The van der Waals surface area contributed by atoms with Gasteiger partial charge in [0.15, 0.2) is 8.68 Å². The first-order valence-corrected chi connectivity index (χ1v) is 12.2. The van der Waals surface area contributed by atoms with Gasteiger partial charge in [0.05, 0.1) is 5.75 Å². The zero-order valence-electron chi connectivity index (χ0n) is 15.4. The number of amides is 1. The standard InChI is InChI=1S/C19H19BrN4OS3/c1-12(2)14-5-3-13(4-6-14)10-26-18-23-24-19(28-18)27-11-17(25)22-16-8-7-15(20)9-21-16/h3-9,12H,10-11H2,1-2H3,(H,21,22,25). The van der Waals surface area contributed by atoms with E-state index in [2.05, 4.69) is 74.5 Å². The van der Waals surface area contributed by atoms with Crippen molar-refractivity contribution in [3.8, 4) is 0 Å². The number of nitrogens with zero attached hydrogens (tertiary/aromatic N) is 3. The van der Waals surface area contributed by atoms with Gasteiger partial charge >= 0.3 is 0 Å². The van der Waals surface area contributed by atoms with E-state index in [0.29, 0.717) is 11.7 Å². The molecule has 0 saturated carbocycles. The molecular weight excluding hydrogens is 476 g/mol. The minimum Gasteiger partial charge on any atom is -0.310 e. The minimum atomic E-state index is -0.116. The summed E-state index contributed by atoms with van der Waals surface area (Å²) in [4.78, 5) is 16.2. The topological polar surface area (TPSA) is 67.8 Å². The van der Waals surface area contributed by atoms with E-state index in [9.17, 15) is 4.79 Å². The summed E-state index contributed by atoms with van der Waals surface area (Å²) in [6.07, 6.45) is 1.65. The van der Waals surface area contributed by atoms with Gasteiger partial charge in [-0.2, -0.15) is 0 Å². The summed E-state index contributed by atoms with van der Waals surface area (Å²) in [7, 11) is 0. The monoisotopic (exact) mass is 494 g/mol. The Morgan fingerprint density at radius 3 is 2.46 bits per heavy atom. The van der Waals surface area contributed by atoms with Crippen LogP contribution in [0, 0.1) is 0 Å². The number of carbonyl (C=O) groups is 1. The molecule has 0 aliphatic carbocycles. The van der Waals surface area contributed by atoms with Crippen molar-refractivity contribution in [1.29, 1.82) is 0 Å². The summed E-state index contributed by atoms with van der Waals surface area (Å²) in [5.41, 5.74) is 2.61. The summed E-state index contributed by atoms with van der Waals surface area (Å²) < 4.78 is 2.57. The van der Waals surface area contributed by atoms with Gasteiger partial charge in [0.2, 0.25) is 5.91 Å². The molecule has 3 aromatic rings. The molecule has 0 fully saturated rings. The average Bonchev–Trinajstić information content (AvgIpc) is 3.15. The molecule has 2 heterocycles. The Hall–Kier alpha value is -1.42. The second kappa shape index (κ2) is 10.4. The SMILES string of the molecule is CC(C)c1ccc(CSc2nnc(SCC(=O)Nc3ccc(Br)cn3)s2)cc1. The Morgan fingerprint density at radius 1 is 1.11 bits per heavy atom. The molecule has 9 heteroatoms. The number of carbonyl (C=O) groups excluding carboxylic acids is 1. The van der Waals surface area contributed by atoms with Crippen LogP contribution < -0.4 is 5.32 Å². The average molecular weight is 495 g/mol. The molecule has 0 unspecified atom stereocenters. The van der Waals surface area contributed by atoms with Gasteiger partial charge in [0, 0.05) is 16.4 Å². The van der Waals surface area contributed by atoms with Crippen LogP contribution in [0.15, 0.2) is 55.7 Å². The lowest BCUT2D eigenvalue weighted by Gasteiger charge is -2.06. The molecule has 0 saturated heterocycles. The quantitative estimate of drug-likeness (QED) is 0.396. The fraction of sp³-hybridized carbons (Fsp3) is 0.263. The number of hydrogen-bond donors (Lipinski definition) is 1. The smallest absolute Gasteiger partial charge is 0.235 e. The molecule has 0 aliphatic rings. The summed E-state index contributed by atoms with van der Waals surface area (Å²) in [6, 6.07) is 12.3. The number of benzene rings is 1. The lowest BCUT2D eigenvalue weighted by Crippen LogP contribution is -2.14. The van der Waals surface area contributed by atoms with Crippen LogP contribution in [-0.2, 0) is 10.5 Å². The van der Waals surface area contributed by atoms with Crippen LogP contribution in [0.4, 0.5) is 5.82 Å². The predicted octanol–water partition coefficient (Wildman–Crippen LogP) is 5.84. The first-order valence-electron chi connectivity index (χ1n) is 8.59. The van der Waals surface area contributed by atoms with Gasteiger partial charge < -0.3 is 5.32 Å². The van der Waals surface area contributed by atoms with Gasteiger partial charge in [-0.1, -0.05) is 73.0 Å². The van der Waals surface area contributed by atoms with E-state index >= 15 is 0 Å². The number of thioether (sulfide) groups is 2. The van der Waals surface area contributed by atoms with E-state index in [0.717, 1.165) is 18.9 Å². The Morgan fingerprint density at radius 2 is 1.82 bits per heavy atom. The van der Waals surface area contributed by atoms with Gasteiger partial charge in [-0.05, 0) is 45.1 Å². The van der Waals surface area contributed by atoms with Crippen LogP contribution in [0.3, 0.4) is 0 Å². The van der Waals surface area contributed by atoms with E-state index < -0.39 is 0 Å². The lowest BCUT2D eigenvalue weighted by atomic mass is 10.0. The van der Waals surface area contributed by atoms with Crippen molar-refractivity contribution in [2.75, 3.05) is 11.1 Å². The highest BCUT2D eigenvalue weighted by Gasteiger charge is 2.10. The highest BCUT2D eigenvalue weighted by Crippen LogP contribution is 2.31. The van der Waals surface area contributed by atoms with Crippen LogP contribution in [0.2, 0.25) is 0 Å². The second-order valence-electron chi connectivity index (χ2n) is 6.22. The van der Waals surface area contributed by atoms with E-state index in [-0.39, 0.29) is 11.7 Å². The summed E-state index contributed by atoms with van der Waals surface area (Å²) in [5, 5.41) is 11.1. The maximum absolute atomic E-state index is 12.0. The number of nitrogens with one attached hydrogen (secondary N) is 1. The predicted molar refractivity (Wildman–Crippen MR) is 121 cm³/mol. The molecule has 1 amide bonds. The zero-order chi connectivity index (χ0) is 19.9. The van der Waals surface area contributed by atoms with Crippen LogP contribution >= 0.6 is 50.8 Å². The van der Waals surface area contributed by atoms with Crippen LogP contribution in [0.25, 0.3) is 0 Å². The molecule has 2 aromatic heterocycles. The van der Waals surface area contributed by atoms with Crippen LogP contribution in [-0.4, -0.2) is 26.8 Å². The van der Waals surface area contributed by atoms with Crippen molar-refractivity contribution in [2.45, 2.75) is 34.2 Å². The number of anilines is 1. The van der Waals surface area contributed by atoms with Crippen molar-refractivity contribution < 1.29 is 4.79 Å². The molecule has 0 spiro atoms. The summed E-state index contributed by atoms with van der Waals surface area (Å²) in [5.74, 6) is 2.09. The van der Waals surface area contributed by atoms with Crippen molar-refractivity contribution in [3.05, 3.63) is 58.2 Å². The zero-order valence-corrected chi connectivity index (χ0v) is 19.4. The highest BCUT2D eigenvalue weighted by atomic mass is 79.9. The highest BCUT2D eigenvalue weighted by molar-refractivity contribution is 9.10. The van der Waals surface area contributed by atoms with Crippen molar-refractivity contribution in [3.63, 3.8) is 0 Å². The van der Waals surface area contributed by atoms with Gasteiger partial charge in [-0.25, -0.2) is 4.98 Å².